The van der Waals surface area contributed by atoms with Gasteiger partial charge in [0.15, 0.2) is 5.96 Å². The summed E-state index contributed by atoms with van der Waals surface area (Å²) in [4.78, 5) is 24.1. The van der Waals surface area contributed by atoms with E-state index in [2.05, 4.69) is 57.4 Å². The predicted octanol–water partition coefficient (Wildman–Crippen LogP) is 2.56. The fraction of sp³-hybridized carbons (Fsp3) is 0.680. The second-order valence-electron chi connectivity index (χ2n) is 9.39. The van der Waals surface area contributed by atoms with Crippen LogP contribution in [0.25, 0.3) is 0 Å². The molecule has 1 amide bonds. The molecular weight excluding hydrogens is 529 g/mol. The number of carbonyl (C=O) groups excluding carboxylic acids is 1. The van der Waals surface area contributed by atoms with Crippen LogP contribution in [0.1, 0.15) is 38.2 Å². The van der Waals surface area contributed by atoms with Gasteiger partial charge < -0.3 is 19.9 Å². The first-order valence-corrected chi connectivity index (χ1v) is 12.2. The summed E-state index contributed by atoms with van der Waals surface area (Å²) in [7, 11) is 1.87. The zero-order valence-electron chi connectivity index (χ0n) is 20.2. The third kappa shape index (κ3) is 6.19. The van der Waals surface area contributed by atoms with Gasteiger partial charge in [-0.3, -0.25) is 14.7 Å². The number of rotatable bonds is 5. The minimum absolute atomic E-state index is 0. The number of aliphatic imine (C=N–C) groups is 1. The Labute approximate surface area is 215 Å². The number of carbonyl (C=O) groups is 1. The average molecular weight is 570 g/mol. The largest absolute Gasteiger partial charge is 0.381 e. The lowest BCUT2D eigenvalue weighted by atomic mass is 9.74. The summed E-state index contributed by atoms with van der Waals surface area (Å²) in [5.41, 5.74) is 1.46. The van der Waals surface area contributed by atoms with E-state index in [1.165, 1.54) is 5.56 Å². The molecule has 0 aliphatic carbocycles. The summed E-state index contributed by atoms with van der Waals surface area (Å²) in [6, 6.07) is 10.8. The highest BCUT2D eigenvalue weighted by molar-refractivity contribution is 14.0. The first kappa shape index (κ1) is 26.2. The van der Waals surface area contributed by atoms with Crippen molar-refractivity contribution in [2.75, 3.05) is 66.1 Å². The highest BCUT2D eigenvalue weighted by Gasteiger charge is 2.35. The molecule has 1 aromatic rings. The fourth-order valence-electron chi connectivity index (χ4n) is 5.38. The van der Waals surface area contributed by atoms with Gasteiger partial charge in [0.25, 0.3) is 0 Å². The molecule has 33 heavy (non-hydrogen) atoms. The first-order chi connectivity index (χ1) is 15.6. The molecule has 3 fully saturated rings. The zero-order chi connectivity index (χ0) is 22.4. The lowest BCUT2D eigenvalue weighted by Gasteiger charge is -2.42. The molecule has 0 radical (unpaired) electrons. The Hall–Kier alpha value is -1.39. The number of amides is 1. The average Bonchev–Trinajstić information content (AvgIpc) is 3.40. The second-order valence-corrected chi connectivity index (χ2v) is 9.39. The molecule has 7 nitrogen and oxygen atoms in total. The maximum Gasteiger partial charge on any atom is 0.239 e. The van der Waals surface area contributed by atoms with E-state index in [4.69, 9.17) is 4.74 Å². The van der Waals surface area contributed by atoms with E-state index < -0.39 is 0 Å². The van der Waals surface area contributed by atoms with Gasteiger partial charge in [0, 0.05) is 71.5 Å². The van der Waals surface area contributed by atoms with Crippen LogP contribution >= 0.6 is 24.0 Å². The molecule has 4 rings (SSSR count). The fourth-order valence-corrected chi connectivity index (χ4v) is 5.38. The highest BCUT2D eigenvalue weighted by Crippen LogP contribution is 2.34. The molecule has 3 heterocycles. The van der Waals surface area contributed by atoms with Crippen LogP contribution < -0.4 is 5.32 Å². The molecule has 1 aromatic carbocycles. The van der Waals surface area contributed by atoms with Gasteiger partial charge in [-0.1, -0.05) is 30.3 Å². The SMILES string of the molecule is CN=C(NCC1(c2ccccc2)CCOCC1)N1CCN(C(C)C(=O)N2CCCC2)CC1.I. The smallest absolute Gasteiger partial charge is 0.239 e. The first-order valence-electron chi connectivity index (χ1n) is 12.2. The predicted molar refractivity (Wildman–Crippen MR) is 143 cm³/mol. The number of guanidine groups is 1. The lowest BCUT2D eigenvalue weighted by molar-refractivity contribution is -0.135. The number of ether oxygens (including phenoxy) is 1. The zero-order valence-corrected chi connectivity index (χ0v) is 22.5. The van der Waals surface area contributed by atoms with Crippen LogP contribution in [-0.2, 0) is 14.9 Å². The Bertz CT molecular complexity index is 770. The number of halogens is 1. The van der Waals surface area contributed by atoms with Gasteiger partial charge in [-0.25, -0.2) is 0 Å². The van der Waals surface area contributed by atoms with E-state index in [0.29, 0.717) is 5.91 Å². The van der Waals surface area contributed by atoms with Crippen molar-refractivity contribution in [2.24, 2.45) is 4.99 Å². The Morgan fingerprint density at radius 1 is 1.03 bits per heavy atom. The number of hydrogen-bond donors (Lipinski definition) is 1. The molecule has 1 N–H and O–H groups in total. The van der Waals surface area contributed by atoms with Crippen LogP contribution in [0, 0.1) is 0 Å². The van der Waals surface area contributed by atoms with E-state index in [0.717, 1.165) is 90.7 Å². The van der Waals surface area contributed by atoms with Crippen molar-refractivity contribution in [3.05, 3.63) is 35.9 Å². The van der Waals surface area contributed by atoms with E-state index in [9.17, 15) is 4.79 Å². The maximum absolute atomic E-state index is 12.8. The summed E-state index contributed by atoms with van der Waals surface area (Å²) in [6.07, 6.45) is 4.32. The Balaban J connectivity index is 0.00000306. The van der Waals surface area contributed by atoms with Gasteiger partial charge in [-0.05, 0) is 38.2 Å². The molecule has 0 spiro atoms. The van der Waals surface area contributed by atoms with E-state index in [-0.39, 0.29) is 35.4 Å². The summed E-state index contributed by atoms with van der Waals surface area (Å²) in [5, 5.41) is 3.69. The van der Waals surface area contributed by atoms with E-state index >= 15 is 0 Å². The normalized spacial score (nSPS) is 22.5. The number of hydrogen-bond acceptors (Lipinski definition) is 4. The van der Waals surface area contributed by atoms with Gasteiger partial charge in [-0.2, -0.15) is 0 Å². The van der Waals surface area contributed by atoms with Crippen LogP contribution in [0.15, 0.2) is 35.3 Å². The lowest BCUT2D eigenvalue weighted by Crippen LogP contribution is -2.58. The molecule has 0 saturated carbocycles. The summed E-state index contributed by atoms with van der Waals surface area (Å²) in [6.45, 7) is 9.93. The number of nitrogens with zero attached hydrogens (tertiary/aromatic N) is 4. The van der Waals surface area contributed by atoms with Gasteiger partial charge >= 0.3 is 0 Å². The van der Waals surface area contributed by atoms with E-state index in [1.807, 2.05) is 11.9 Å². The number of piperazine rings is 1. The third-order valence-corrected chi connectivity index (χ3v) is 7.57. The van der Waals surface area contributed by atoms with Crippen LogP contribution in [-0.4, -0.2) is 98.7 Å². The standard InChI is InChI=1S/C25H39N5O2.HI/c1-21(23(31)29-12-6-7-13-29)28-14-16-30(17-15-28)24(26-2)27-20-25(10-18-32-19-11-25)22-8-4-3-5-9-22;/h3-5,8-9,21H,6-7,10-20H2,1-2H3,(H,26,27);1H. The molecule has 3 aliphatic rings. The van der Waals surface area contributed by atoms with Gasteiger partial charge in [0.1, 0.15) is 0 Å². The van der Waals surface area contributed by atoms with Gasteiger partial charge in [-0.15, -0.1) is 24.0 Å². The van der Waals surface area contributed by atoms with Crippen LogP contribution in [0.3, 0.4) is 0 Å². The van der Waals surface area contributed by atoms with Crippen molar-refractivity contribution in [2.45, 2.75) is 44.1 Å². The van der Waals surface area contributed by atoms with Crippen LogP contribution in [0.2, 0.25) is 0 Å². The molecule has 3 saturated heterocycles. The quantitative estimate of drug-likeness (QED) is 0.336. The topological polar surface area (TPSA) is 60.4 Å². The Morgan fingerprint density at radius 3 is 2.27 bits per heavy atom. The van der Waals surface area contributed by atoms with Crippen molar-refractivity contribution in [1.82, 2.24) is 20.0 Å². The van der Waals surface area contributed by atoms with Crippen LogP contribution in [0.4, 0.5) is 0 Å². The van der Waals surface area contributed by atoms with E-state index in [1.54, 1.807) is 0 Å². The summed E-state index contributed by atoms with van der Waals surface area (Å²) >= 11 is 0. The monoisotopic (exact) mass is 569 g/mol. The van der Waals surface area contributed by atoms with Gasteiger partial charge in [0.05, 0.1) is 6.04 Å². The molecule has 1 unspecified atom stereocenters. The van der Waals surface area contributed by atoms with Crippen molar-refractivity contribution < 1.29 is 9.53 Å². The minimum Gasteiger partial charge on any atom is -0.381 e. The number of likely N-dealkylation sites (tertiary alicyclic amines) is 1. The summed E-state index contributed by atoms with van der Waals surface area (Å²) in [5.74, 6) is 1.26. The second kappa shape index (κ2) is 12.4. The maximum atomic E-state index is 12.8. The molecule has 8 heteroatoms. The van der Waals surface area contributed by atoms with Crippen molar-refractivity contribution in [1.29, 1.82) is 0 Å². The minimum atomic E-state index is -0.0335. The molecule has 3 aliphatic heterocycles. The van der Waals surface area contributed by atoms with Crippen molar-refractivity contribution in [3.63, 3.8) is 0 Å². The highest BCUT2D eigenvalue weighted by atomic mass is 127. The third-order valence-electron chi connectivity index (χ3n) is 7.57. The molecule has 184 valence electrons. The van der Waals surface area contributed by atoms with Crippen molar-refractivity contribution in [3.8, 4) is 0 Å². The van der Waals surface area contributed by atoms with Crippen LogP contribution in [0.5, 0.6) is 0 Å². The number of nitrogens with one attached hydrogen (secondary N) is 1. The molecule has 0 aromatic heterocycles. The molecule has 0 bridgehead atoms. The Morgan fingerprint density at radius 2 is 1.67 bits per heavy atom. The Kier molecular flexibility index (Phi) is 9.81. The van der Waals surface area contributed by atoms with Gasteiger partial charge in [0.2, 0.25) is 5.91 Å². The summed E-state index contributed by atoms with van der Waals surface area (Å²) < 4.78 is 5.68. The van der Waals surface area contributed by atoms with Crippen molar-refractivity contribution >= 4 is 35.8 Å². The number of benzene rings is 1. The molecular formula is C25H40IN5O2. The molecule has 1 atom stereocenters.